The maximum atomic E-state index is 11.7. The van der Waals surface area contributed by atoms with Gasteiger partial charge in [0.1, 0.15) is 6.04 Å². The molecule has 0 aromatic carbocycles. The zero-order chi connectivity index (χ0) is 11.4. The molecule has 82 valence electrons. The summed E-state index contributed by atoms with van der Waals surface area (Å²) in [7, 11) is 0. The fraction of sp³-hybridized carbons (Fsp3) is 0.714. The number of carbonyl (C=O) groups excluding carboxylic acids is 2. The molecule has 0 aliphatic rings. The lowest BCUT2D eigenvalue weighted by molar-refractivity contribution is -0.174. The number of halogens is 3. The average Bonchev–Trinajstić information content (AvgIpc) is 2.01. The topological polar surface area (TPSA) is 72.2 Å². The minimum atomic E-state index is -4.98. The van der Waals surface area contributed by atoms with Crippen molar-refractivity contribution in [3.63, 3.8) is 0 Å². The van der Waals surface area contributed by atoms with Crippen molar-refractivity contribution in [1.82, 2.24) is 5.32 Å². The summed E-state index contributed by atoms with van der Waals surface area (Å²) in [6, 6.07) is -1.26. The van der Waals surface area contributed by atoms with E-state index in [1.807, 2.05) is 0 Å². The summed E-state index contributed by atoms with van der Waals surface area (Å²) < 4.78 is 35.2. The van der Waals surface area contributed by atoms with Gasteiger partial charge in [0, 0.05) is 0 Å². The van der Waals surface area contributed by atoms with Crippen LogP contribution >= 0.6 is 0 Å². The van der Waals surface area contributed by atoms with Gasteiger partial charge in [-0.1, -0.05) is 13.3 Å². The number of carbonyl (C=O) groups is 2. The van der Waals surface area contributed by atoms with E-state index < -0.39 is 24.0 Å². The van der Waals surface area contributed by atoms with Crippen LogP contribution < -0.4 is 11.1 Å². The van der Waals surface area contributed by atoms with Crippen LogP contribution in [-0.2, 0) is 9.59 Å². The van der Waals surface area contributed by atoms with Crippen LogP contribution in [0.15, 0.2) is 0 Å². The van der Waals surface area contributed by atoms with Gasteiger partial charge < -0.3 is 11.1 Å². The van der Waals surface area contributed by atoms with Crippen molar-refractivity contribution in [2.45, 2.75) is 32.0 Å². The second kappa shape index (κ2) is 4.83. The molecule has 14 heavy (non-hydrogen) atoms. The smallest absolute Gasteiger partial charge is 0.368 e. The summed E-state index contributed by atoms with van der Waals surface area (Å²) in [6.45, 7) is 1.66. The molecular weight excluding hydrogens is 201 g/mol. The third-order valence-electron chi connectivity index (χ3n) is 1.48. The van der Waals surface area contributed by atoms with Gasteiger partial charge in [0.05, 0.1) is 0 Å². The summed E-state index contributed by atoms with van der Waals surface area (Å²) in [5.74, 6) is -3.11. The van der Waals surface area contributed by atoms with Crippen molar-refractivity contribution in [3.05, 3.63) is 0 Å². The van der Waals surface area contributed by atoms with Gasteiger partial charge in [-0.25, -0.2) is 0 Å². The van der Waals surface area contributed by atoms with E-state index in [9.17, 15) is 22.8 Å². The Kier molecular flexibility index (Phi) is 4.39. The van der Waals surface area contributed by atoms with Gasteiger partial charge in [-0.3, -0.25) is 9.59 Å². The van der Waals surface area contributed by atoms with Crippen molar-refractivity contribution in [2.24, 2.45) is 5.73 Å². The summed E-state index contributed by atoms with van der Waals surface area (Å²) in [5.41, 5.74) is 4.79. The van der Waals surface area contributed by atoms with E-state index in [1.165, 1.54) is 5.32 Å². The molecule has 0 aromatic heterocycles. The largest absolute Gasteiger partial charge is 0.471 e. The van der Waals surface area contributed by atoms with Gasteiger partial charge in [0.15, 0.2) is 0 Å². The SMILES string of the molecule is CCC[C@H](NC(=O)C(F)(F)F)C(N)=O. The van der Waals surface area contributed by atoms with Crippen LogP contribution in [0.5, 0.6) is 0 Å². The molecule has 0 saturated heterocycles. The van der Waals surface area contributed by atoms with Gasteiger partial charge >= 0.3 is 12.1 Å². The predicted molar refractivity (Wildman–Crippen MR) is 42.1 cm³/mol. The third kappa shape index (κ3) is 4.11. The summed E-state index contributed by atoms with van der Waals surface area (Å²) in [6.07, 6.45) is -4.44. The monoisotopic (exact) mass is 212 g/mol. The van der Waals surface area contributed by atoms with E-state index >= 15 is 0 Å². The Balaban J connectivity index is 4.31. The van der Waals surface area contributed by atoms with E-state index in [0.29, 0.717) is 6.42 Å². The zero-order valence-electron chi connectivity index (χ0n) is 7.52. The molecule has 4 nitrogen and oxygen atoms in total. The van der Waals surface area contributed by atoms with Crippen LogP contribution in [0.3, 0.4) is 0 Å². The van der Waals surface area contributed by atoms with Gasteiger partial charge in [-0.15, -0.1) is 0 Å². The zero-order valence-corrected chi connectivity index (χ0v) is 7.52. The fourth-order valence-corrected chi connectivity index (χ4v) is 0.814. The van der Waals surface area contributed by atoms with Gasteiger partial charge in [0.25, 0.3) is 0 Å². The number of amides is 2. The maximum absolute atomic E-state index is 11.7. The lowest BCUT2D eigenvalue weighted by Gasteiger charge is -2.15. The normalized spacial score (nSPS) is 13.4. The van der Waals surface area contributed by atoms with Crippen LogP contribution in [0, 0.1) is 0 Å². The quantitative estimate of drug-likeness (QED) is 0.704. The van der Waals surface area contributed by atoms with Gasteiger partial charge in [-0.05, 0) is 6.42 Å². The Morgan fingerprint density at radius 1 is 1.43 bits per heavy atom. The second-order valence-corrected chi connectivity index (χ2v) is 2.71. The first kappa shape index (κ1) is 12.7. The average molecular weight is 212 g/mol. The molecule has 0 rings (SSSR count). The fourth-order valence-electron chi connectivity index (χ4n) is 0.814. The first-order valence-corrected chi connectivity index (χ1v) is 3.96. The highest BCUT2D eigenvalue weighted by atomic mass is 19.4. The molecule has 0 radical (unpaired) electrons. The number of hydrogen-bond acceptors (Lipinski definition) is 2. The number of nitrogens with two attached hydrogens (primary N) is 1. The molecule has 3 N–H and O–H groups in total. The van der Waals surface area contributed by atoms with Gasteiger partial charge in [0.2, 0.25) is 5.91 Å². The Morgan fingerprint density at radius 3 is 2.21 bits per heavy atom. The molecule has 0 aliphatic heterocycles. The number of rotatable bonds is 4. The van der Waals surface area contributed by atoms with Crippen molar-refractivity contribution < 1.29 is 22.8 Å². The van der Waals surface area contributed by atoms with Crippen LogP contribution in [-0.4, -0.2) is 24.0 Å². The molecule has 0 heterocycles. The van der Waals surface area contributed by atoms with Crippen LogP contribution in [0.4, 0.5) is 13.2 Å². The van der Waals surface area contributed by atoms with E-state index in [1.54, 1.807) is 6.92 Å². The molecule has 1 atom stereocenters. The second-order valence-electron chi connectivity index (χ2n) is 2.71. The first-order valence-electron chi connectivity index (χ1n) is 3.96. The molecule has 7 heteroatoms. The molecule has 0 saturated carbocycles. The molecular formula is C7H11F3N2O2. The predicted octanol–water partition coefficient (Wildman–Crippen LogP) is 0.319. The summed E-state index contributed by atoms with van der Waals surface area (Å²) in [5, 5.41) is 1.52. The van der Waals surface area contributed by atoms with Crippen LogP contribution in [0.25, 0.3) is 0 Å². The number of nitrogens with one attached hydrogen (secondary N) is 1. The Morgan fingerprint density at radius 2 is 1.93 bits per heavy atom. The van der Waals surface area contributed by atoms with Gasteiger partial charge in [-0.2, -0.15) is 13.2 Å². The molecule has 2 amide bonds. The van der Waals surface area contributed by atoms with Crippen molar-refractivity contribution in [2.75, 3.05) is 0 Å². The minimum Gasteiger partial charge on any atom is -0.368 e. The van der Waals surface area contributed by atoms with E-state index in [4.69, 9.17) is 5.73 Å². The van der Waals surface area contributed by atoms with E-state index in [2.05, 4.69) is 0 Å². The molecule has 0 aliphatic carbocycles. The Labute approximate surface area is 78.6 Å². The summed E-state index contributed by atoms with van der Waals surface area (Å²) >= 11 is 0. The number of primary amides is 1. The highest BCUT2D eigenvalue weighted by molar-refractivity contribution is 5.88. The highest BCUT2D eigenvalue weighted by Gasteiger charge is 2.40. The molecule has 0 unspecified atom stereocenters. The van der Waals surface area contributed by atoms with Crippen molar-refractivity contribution >= 4 is 11.8 Å². The van der Waals surface area contributed by atoms with E-state index in [0.717, 1.165) is 0 Å². The standard InChI is InChI=1S/C7H11F3N2O2/c1-2-3-4(5(11)13)12-6(14)7(8,9)10/h4H,2-3H2,1H3,(H2,11,13)(H,12,14)/t4-/m0/s1. The van der Waals surface area contributed by atoms with E-state index in [-0.39, 0.29) is 6.42 Å². The number of hydrogen-bond donors (Lipinski definition) is 2. The Hall–Kier alpha value is -1.27. The lowest BCUT2D eigenvalue weighted by Crippen LogP contribution is -2.49. The summed E-state index contributed by atoms with van der Waals surface area (Å²) in [4.78, 5) is 21.0. The maximum Gasteiger partial charge on any atom is 0.471 e. The third-order valence-corrected chi connectivity index (χ3v) is 1.48. The molecule has 0 fully saturated rings. The molecule has 0 spiro atoms. The lowest BCUT2D eigenvalue weighted by atomic mass is 10.1. The first-order chi connectivity index (χ1) is 6.29. The number of alkyl halides is 3. The van der Waals surface area contributed by atoms with Crippen LogP contribution in [0.2, 0.25) is 0 Å². The molecule has 0 aromatic rings. The molecule has 0 bridgehead atoms. The van der Waals surface area contributed by atoms with Crippen LogP contribution in [0.1, 0.15) is 19.8 Å². The highest BCUT2D eigenvalue weighted by Crippen LogP contribution is 2.14. The minimum absolute atomic E-state index is 0.0944. The van der Waals surface area contributed by atoms with Crippen molar-refractivity contribution in [1.29, 1.82) is 0 Å². The Bertz CT molecular complexity index is 227. The van der Waals surface area contributed by atoms with Crippen molar-refractivity contribution in [3.8, 4) is 0 Å².